The van der Waals surface area contributed by atoms with Gasteiger partial charge >= 0.3 is 0 Å². The first-order valence-corrected chi connectivity index (χ1v) is 5.28. The second kappa shape index (κ2) is 4.61. The van der Waals surface area contributed by atoms with Gasteiger partial charge in [-0.1, -0.05) is 13.8 Å². The Morgan fingerprint density at radius 3 is 2.60 bits per heavy atom. The van der Waals surface area contributed by atoms with E-state index in [1.54, 1.807) is 0 Å². The first kappa shape index (κ1) is 12.0. The Bertz CT molecular complexity index is 265. The zero-order valence-corrected chi connectivity index (χ0v) is 9.27. The Morgan fingerprint density at radius 2 is 2.13 bits per heavy atom. The SMILES string of the molecule is CC(C)[C@H](C(N)=O)N1C[C@@H](N)CCC1=O. The van der Waals surface area contributed by atoms with Gasteiger partial charge in [-0.25, -0.2) is 0 Å². The van der Waals surface area contributed by atoms with Crippen molar-refractivity contribution in [3.05, 3.63) is 0 Å². The molecule has 5 nitrogen and oxygen atoms in total. The highest BCUT2D eigenvalue weighted by Gasteiger charge is 2.34. The third-order valence-corrected chi connectivity index (χ3v) is 2.74. The molecular weight excluding hydrogens is 194 g/mol. The van der Waals surface area contributed by atoms with E-state index in [0.29, 0.717) is 19.4 Å². The Morgan fingerprint density at radius 1 is 1.53 bits per heavy atom. The summed E-state index contributed by atoms with van der Waals surface area (Å²) in [5.41, 5.74) is 11.1. The molecule has 0 aliphatic carbocycles. The lowest BCUT2D eigenvalue weighted by Gasteiger charge is -2.37. The third-order valence-electron chi connectivity index (χ3n) is 2.74. The molecule has 0 aromatic carbocycles. The Labute approximate surface area is 89.8 Å². The summed E-state index contributed by atoms with van der Waals surface area (Å²) < 4.78 is 0. The van der Waals surface area contributed by atoms with Crippen molar-refractivity contribution in [3.8, 4) is 0 Å². The molecular formula is C10H19N3O2. The van der Waals surface area contributed by atoms with Gasteiger partial charge < -0.3 is 16.4 Å². The highest BCUT2D eigenvalue weighted by molar-refractivity contribution is 5.87. The van der Waals surface area contributed by atoms with E-state index in [9.17, 15) is 9.59 Å². The summed E-state index contributed by atoms with van der Waals surface area (Å²) in [6, 6.07) is -0.563. The van der Waals surface area contributed by atoms with Crippen LogP contribution in [0, 0.1) is 5.92 Å². The molecule has 4 N–H and O–H groups in total. The highest BCUT2D eigenvalue weighted by atomic mass is 16.2. The van der Waals surface area contributed by atoms with Crippen LogP contribution in [0.2, 0.25) is 0 Å². The molecule has 5 heteroatoms. The molecule has 86 valence electrons. The van der Waals surface area contributed by atoms with E-state index < -0.39 is 11.9 Å². The minimum absolute atomic E-state index is 0.0193. The number of primary amides is 1. The van der Waals surface area contributed by atoms with Crippen molar-refractivity contribution in [2.75, 3.05) is 6.54 Å². The molecule has 15 heavy (non-hydrogen) atoms. The van der Waals surface area contributed by atoms with Crippen molar-refractivity contribution in [3.63, 3.8) is 0 Å². The maximum absolute atomic E-state index is 11.7. The fourth-order valence-electron chi connectivity index (χ4n) is 2.01. The summed E-state index contributed by atoms with van der Waals surface area (Å²) >= 11 is 0. The van der Waals surface area contributed by atoms with Crippen molar-refractivity contribution in [2.24, 2.45) is 17.4 Å². The summed E-state index contributed by atoms with van der Waals surface area (Å²) in [5.74, 6) is -0.446. The minimum atomic E-state index is -0.524. The molecule has 1 saturated heterocycles. The Balaban J connectivity index is 2.81. The molecule has 0 bridgehead atoms. The number of carbonyl (C=O) groups excluding carboxylic acids is 2. The molecule has 1 aliphatic heterocycles. The number of nitrogens with two attached hydrogens (primary N) is 2. The van der Waals surface area contributed by atoms with Crippen LogP contribution in [0.25, 0.3) is 0 Å². The smallest absolute Gasteiger partial charge is 0.240 e. The molecule has 0 radical (unpaired) electrons. The molecule has 2 amide bonds. The van der Waals surface area contributed by atoms with E-state index in [-0.39, 0.29) is 17.9 Å². The van der Waals surface area contributed by atoms with E-state index in [0.717, 1.165) is 0 Å². The zero-order chi connectivity index (χ0) is 11.6. The van der Waals surface area contributed by atoms with Crippen molar-refractivity contribution in [2.45, 2.75) is 38.8 Å². The van der Waals surface area contributed by atoms with Crippen LogP contribution in [0.5, 0.6) is 0 Å². The molecule has 0 aromatic rings. The fraction of sp³-hybridized carbons (Fsp3) is 0.800. The van der Waals surface area contributed by atoms with Gasteiger partial charge in [0.1, 0.15) is 6.04 Å². The molecule has 0 unspecified atom stereocenters. The number of amides is 2. The second-order valence-corrected chi connectivity index (χ2v) is 4.44. The van der Waals surface area contributed by atoms with Crippen LogP contribution in [-0.2, 0) is 9.59 Å². The van der Waals surface area contributed by atoms with Crippen LogP contribution >= 0.6 is 0 Å². The van der Waals surface area contributed by atoms with Gasteiger partial charge in [0, 0.05) is 19.0 Å². The fourth-order valence-corrected chi connectivity index (χ4v) is 2.01. The lowest BCUT2D eigenvalue weighted by atomic mass is 9.97. The predicted octanol–water partition coefficient (Wildman–Crippen LogP) is -0.554. The molecule has 0 spiro atoms. The summed E-state index contributed by atoms with van der Waals surface area (Å²) in [6.45, 7) is 4.19. The predicted molar refractivity (Wildman–Crippen MR) is 56.7 cm³/mol. The van der Waals surface area contributed by atoms with Crippen LogP contribution in [0.1, 0.15) is 26.7 Å². The van der Waals surface area contributed by atoms with Gasteiger partial charge in [-0.15, -0.1) is 0 Å². The molecule has 1 heterocycles. The van der Waals surface area contributed by atoms with Crippen LogP contribution in [0.3, 0.4) is 0 Å². The molecule has 1 rings (SSSR count). The average Bonchev–Trinajstić information content (AvgIpc) is 2.10. The van der Waals surface area contributed by atoms with Crippen molar-refractivity contribution in [1.82, 2.24) is 4.90 Å². The molecule has 1 fully saturated rings. The topological polar surface area (TPSA) is 89.4 Å². The van der Waals surface area contributed by atoms with Crippen LogP contribution in [0.15, 0.2) is 0 Å². The van der Waals surface area contributed by atoms with E-state index in [1.165, 1.54) is 4.90 Å². The lowest BCUT2D eigenvalue weighted by Crippen LogP contribution is -2.56. The Kier molecular flexibility index (Phi) is 3.68. The maximum Gasteiger partial charge on any atom is 0.240 e. The first-order valence-electron chi connectivity index (χ1n) is 5.28. The number of carbonyl (C=O) groups is 2. The van der Waals surface area contributed by atoms with Crippen molar-refractivity contribution < 1.29 is 9.59 Å². The molecule has 0 saturated carbocycles. The number of hydrogen-bond acceptors (Lipinski definition) is 3. The van der Waals surface area contributed by atoms with Gasteiger partial charge in [-0.2, -0.15) is 0 Å². The average molecular weight is 213 g/mol. The van der Waals surface area contributed by atoms with Gasteiger partial charge in [-0.05, 0) is 12.3 Å². The number of piperidine rings is 1. The monoisotopic (exact) mass is 213 g/mol. The van der Waals surface area contributed by atoms with E-state index in [1.807, 2.05) is 13.8 Å². The molecule has 2 atom stereocenters. The normalized spacial score (nSPS) is 24.4. The van der Waals surface area contributed by atoms with E-state index >= 15 is 0 Å². The number of likely N-dealkylation sites (tertiary alicyclic amines) is 1. The van der Waals surface area contributed by atoms with Crippen LogP contribution < -0.4 is 11.5 Å². The quantitative estimate of drug-likeness (QED) is 0.659. The van der Waals surface area contributed by atoms with Gasteiger partial charge in [0.2, 0.25) is 11.8 Å². The Hall–Kier alpha value is -1.10. The van der Waals surface area contributed by atoms with Gasteiger partial charge in [0.15, 0.2) is 0 Å². The van der Waals surface area contributed by atoms with Crippen molar-refractivity contribution in [1.29, 1.82) is 0 Å². The standard InChI is InChI=1S/C10H19N3O2/c1-6(2)9(10(12)15)13-5-7(11)3-4-8(13)14/h6-7,9H,3-5,11H2,1-2H3,(H2,12,15)/t7-,9+/m0/s1. The zero-order valence-electron chi connectivity index (χ0n) is 9.27. The van der Waals surface area contributed by atoms with Crippen molar-refractivity contribution >= 4 is 11.8 Å². The van der Waals surface area contributed by atoms with Gasteiger partial charge in [0.25, 0.3) is 0 Å². The summed E-state index contributed by atoms with van der Waals surface area (Å²) in [6.07, 6.45) is 1.11. The first-order chi connectivity index (χ1) is 6.93. The maximum atomic E-state index is 11.7. The second-order valence-electron chi connectivity index (χ2n) is 4.44. The summed E-state index contributed by atoms with van der Waals surface area (Å²) in [7, 11) is 0. The third kappa shape index (κ3) is 2.68. The molecule has 1 aliphatic rings. The minimum Gasteiger partial charge on any atom is -0.368 e. The van der Waals surface area contributed by atoms with Crippen LogP contribution in [0.4, 0.5) is 0 Å². The largest absolute Gasteiger partial charge is 0.368 e. The van der Waals surface area contributed by atoms with E-state index in [2.05, 4.69) is 0 Å². The summed E-state index contributed by atoms with van der Waals surface area (Å²) in [4.78, 5) is 24.5. The lowest BCUT2D eigenvalue weighted by molar-refractivity contribution is -0.143. The van der Waals surface area contributed by atoms with Gasteiger partial charge in [-0.3, -0.25) is 9.59 Å². The number of rotatable bonds is 3. The highest BCUT2D eigenvalue weighted by Crippen LogP contribution is 2.18. The summed E-state index contributed by atoms with van der Waals surface area (Å²) in [5, 5.41) is 0. The van der Waals surface area contributed by atoms with Gasteiger partial charge in [0.05, 0.1) is 0 Å². The van der Waals surface area contributed by atoms with E-state index in [4.69, 9.17) is 11.5 Å². The molecule has 0 aromatic heterocycles. The number of nitrogens with zero attached hydrogens (tertiary/aromatic N) is 1. The number of hydrogen-bond donors (Lipinski definition) is 2. The van der Waals surface area contributed by atoms with Crippen LogP contribution in [-0.4, -0.2) is 35.3 Å².